The van der Waals surface area contributed by atoms with E-state index in [1.165, 1.54) is 0 Å². The Morgan fingerprint density at radius 2 is 0.667 bits per heavy atom. The van der Waals surface area contributed by atoms with E-state index in [0.29, 0.717) is 0 Å². The molecular weight excluding hydrogens is 718 g/mol. The molecule has 1 atom stereocenters. The Kier molecular flexibility index (Phi) is 11.0. The van der Waals surface area contributed by atoms with Crippen LogP contribution >= 0.6 is 60.8 Å². The average molecular weight is 740 g/mol. The molecule has 1 heterocycles. The minimum Gasteiger partial charge on any atom is -0.320 e. The summed E-state index contributed by atoms with van der Waals surface area (Å²) in [5.74, 6) is 0. The molecule has 1 saturated heterocycles. The summed E-state index contributed by atoms with van der Waals surface area (Å²) in [5, 5.41) is 0. The molecule has 0 bridgehead atoms. The van der Waals surface area contributed by atoms with Crippen molar-refractivity contribution in [2.24, 2.45) is 0 Å². The third-order valence-electron chi connectivity index (χ3n) is 4.61. The minimum absolute atomic E-state index is 1.11. The van der Waals surface area contributed by atoms with Crippen molar-refractivity contribution in [2.45, 2.75) is 22.1 Å². The Bertz CT molecular complexity index is 1130. The molecule has 0 aromatic rings. The largest absolute Gasteiger partial charge is 0.400 e. The number of hydrogen-bond donors (Lipinski definition) is 14. The van der Waals surface area contributed by atoms with Crippen LogP contribution in [0.1, 0.15) is 0 Å². The molecule has 1 aliphatic rings. The Balaban J connectivity index is 5.14. The third-order valence-corrected chi connectivity index (χ3v) is 20.8. The first kappa shape index (κ1) is 38.2. The van der Waals surface area contributed by atoms with Crippen LogP contribution in [0.15, 0.2) is 0 Å². The molecule has 0 aliphatic carbocycles. The van der Waals surface area contributed by atoms with Gasteiger partial charge in [0.2, 0.25) is 0 Å². The van der Waals surface area contributed by atoms with Crippen molar-refractivity contribution < 1.29 is 119 Å². The summed E-state index contributed by atoms with van der Waals surface area (Å²) in [5.41, 5.74) is -19.6. The van der Waals surface area contributed by atoms with Gasteiger partial charge in [0.1, 0.15) is 0 Å². The Morgan fingerprint density at radius 3 is 0.821 bits per heavy atom. The number of quaternary nitrogens is 1. The molecule has 33 heteroatoms. The molecule has 0 aromatic carbocycles. The fraction of sp³-hybridized carbons (Fsp3) is 1.00. The van der Waals surface area contributed by atoms with Crippen molar-refractivity contribution in [3.05, 3.63) is 0 Å². The normalized spacial score (nSPS) is 19.7. The highest BCUT2D eigenvalue weighted by Gasteiger charge is 2.85. The van der Waals surface area contributed by atoms with Gasteiger partial charge in [0.25, 0.3) is 22.1 Å². The van der Waals surface area contributed by atoms with Crippen LogP contribution in [0.2, 0.25) is 0 Å². The van der Waals surface area contributed by atoms with Gasteiger partial charge in [-0.25, -0.2) is 4.48 Å². The van der Waals surface area contributed by atoms with E-state index in [1.54, 1.807) is 0 Å². The fourth-order valence-corrected chi connectivity index (χ4v) is 21.5. The molecule has 25 nitrogen and oxygen atoms in total. The second kappa shape index (κ2) is 11.3. The maximum absolute atomic E-state index is 13.4. The van der Waals surface area contributed by atoms with Gasteiger partial charge in [-0.1, -0.05) is 0 Å². The van der Waals surface area contributed by atoms with Gasteiger partial charge in [0.15, 0.2) is 0 Å². The maximum Gasteiger partial charge on any atom is 0.400 e. The van der Waals surface area contributed by atoms with E-state index >= 15 is 0 Å². The first-order valence-electron chi connectivity index (χ1n) is 8.80. The Labute approximate surface area is 215 Å². The summed E-state index contributed by atoms with van der Waals surface area (Å²) >= 11 is 0. The van der Waals surface area contributed by atoms with Gasteiger partial charge in [0.05, 0.1) is 13.2 Å². The van der Waals surface area contributed by atoms with Gasteiger partial charge in [-0.3, -0.25) is 36.5 Å². The van der Waals surface area contributed by atoms with Crippen molar-refractivity contribution in [1.82, 2.24) is 0 Å². The summed E-state index contributed by atoms with van der Waals surface area (Å²) in [4.78, 5) is 138. The Hall–Kier alpha value is 1.16. The van der Waals surface area contributed by atoms with Crippen LogP contribution in [0.5, 0.6) is 0 Å². The van der Waals surface area contributed by atoms with Gasteiger partial charge >= 0.3 is 60.8 Å². The molecule has 0 saturated carbocycles. The first-order valence-corrected chi connectivity index (χ1v) is 22.2. The van der Waals surface area contributed by atoms with E-state index in [2.05, 4.69) is 9.05 Å². The van der Waals surface area contributed by atoms with Crippen LogP contribution in [0.3, 0.4) is 0 Å². The van der Waals surface area contributed by atoms with Crippen LogP contribution in [0.25, 0.3) is 0 Å². The molecule has 0 spiro atoms. The lowest BCUT2D eigenvalue weighted by Gasteiger charge is -2.54. The molecule has 234 valence electrons. The highest BCUT2D eigenvalue weighted by Crippen LogP contribution is 2.85. The van der Waals surface area contributed by atoms with Crippen molar-refractivity contribution in [2.75, 3.05) is 13.2 Å². The molecule has 1 aliphatic heterocycles. The van der Waals surface area contributed by atoms with Gasteiger partial charge < -0.3 is 77.6 Å². The van der Waals surface area contributed by atoms with Crippen molar-refractivity contribution in [3.8, 4) is 0 Å². The third kappa shape index (κ3) is 8.01. The first-order chi connectivity index (χ1) is 16.7. The summed E-state index contributed by atoms with van der Waals surface area (Å²) in [6.45, 7) is -2.23. The summed E-state index contributed by atoms with van der Waals surface area (Å²) in [7, 11) is -57.6. The predicted molar refractivity (Wildman–Crippen MR) is 119 cm³/mol. The van der Waals surface area contributed by atoms with Crippen LogP contribution in [0.4, 0.5) is 0 Å². The molecular formula is C6H22NO24P8+. The highest BCUT2D eigenvalue weighted by molar-refractivity contribution is 7.75. The lowest BCUT2D eigenvalue weighted by atomic mass is 10.7. The van der Waals surface area contributed by atoms with Crippen molar-refractivity contribution in [3.63, 3.8) is 0 Å². The van der Waals surface area contributed by atoms with E-state index < -0.39 is 101 Å². The lowest BCUT2D eigenvalue weighted by Crippen LogP contribution is -2.69. The zero-order valence-electron chi connectivity index (χ0n) is 18.1. The topological polar surface area (TPSA) is 438 Å². The number of rotatable bonds is 12. The fourth-order valence-electron chi connectivity index (χ4n) is 4.06. The maximum atomic E-state index is 13.4. The molecule has 39 heavy (non-hydrogen) atoms. The van der Waals surface area contributed by atoms with Crippen LogP contribution in [0, 0.1) is 0 Å². The summed E-state index contributed by atoms with van der Waals surface area (Å²) < 4.78 is 105. The van der Waals surface area contributed by atoms with Crippen LogP contribution < -0.4 is 0 Å². The molecule has 1 fully saturated rings. The minimum atomic E-state index is -7.34. The van der Waals surface area contributed by atoms with E-state index in [9.17, 15) is 105 Å². The lowest BCUT2D eigenvalue weighted by molar-refractivity contribution is -0.932. The molecule has 1 unspecified atom stereocenters. The number of hydrogen-bond acceptors (Lipinski definition) is 10. The molecule has 0 radical (unpaired) electrons. The van der Waals surface area contributed by atoms with Gasteiger partial charge in [-0.2, -0.15) is 0 Å². The van der Waals surface area contributed by atoms with Gasteiger partial charge in [-0.15, -0.1) is 0 Å². The molecule has 0 aromatic heterocycles. The van der Waals surface area contributed by atoms with E-state index in [4.69, 9.17) is 0 Å². The summed E-state index contributed by atoms with van der Waals surface area (Å²) in [6.07, 6.45) is 0. The Morgan fingerprint density at radius 1 is 0.462 bits per heavy atom. The van der Waals surface area contributed by atoms with E-state index in [1.807, 2.05) is 0 Å². The molecule has 14 N–H and O–H groups in total. The monoisotopic (exact) mass is 740 g/mol. The van der Waals surface area contributed by atoms with E-state index in [0.717, 1.165) is 0 Å². The average Bonchev–Trinajstić information content (AvgIpc) is 2.90. The predicted octanol–water partition coefficient (Wildman–Crippen LogP) is -2.58. The zero-order chi connectivity index (χ0) is 31.6. The molecule has 1 rings (SSSR count). The second-order valence-corrected chi connectivity index (χ2v) is 23.0. The van der Waals surface area contributed by atoms with Gasteiger partial charge in [-0.05, 0) is 0 Å². The van der Waals surface area contributed by atoms with Crippen molar-refractivity contribution >= 4 is 60.8 Å². The standard InChI is InChI=1S/C6H21NO24P8/c8-32(9,10)3(33(11,12)13)7(4(34(14,15)16)35(17,18)19,5(36(20,21)22)37(23,24)25)6(38(26,27)28)39(29)30-1-2-31-39/h3-6H,1-2H2,(H13-,8,9,10,11,12,13,14,15,16,17,18,19,20,21,22,23,24,25,26,27,28)/p+1. The smallest absolute Gasteiger partial charge is 0.320 e. The second-order valence-electron chi connectivity index (χ2n) is 7.61. The summed E-state index contributed by atoms with van der Waals surface area (Å²) in [6, 6.07) is 0. The highest BCUT2D eigenvalue weighted by atomic mass is 31.3. The zero-order valence-corrected chi connectivity index (χ0v) is 25.2. The van der Waals surface area contributed by atoms with Crippen LogP contribution in [-0.4, -0.2) is 108 Å². The SMILES string of the molecule is O=P(O)(O)C([N+](C(P(=O)(O)O)P(=O)(O)O)(C(P(=O)(O)O)P(=O)(O)O)C(P(=O)(O)O)P1(=O)OCCO1)P(=O)(O)O. The number of nitrogens with zero attached hydrogens (tertiary/aromatic N) is 1. The molecule has 0 amide bonds. The van der Waals surface area contributed by atoms with Gasteiger partial charge in [0, 0.05) is 0 Å². The van der Waals surface area contributed by atoms with E-state index in [-0.39, 0.29) is 0 Å². The quantitative estimate of drug-likeness (QED) is 0.0721. The van der Waals surface area contributed by atoms with Crippen LogP contribution in [-0.2, 0) is 45.6 Å². The van der Waals surface area contributed by atoms with Crippen molar-refractivity contribution in [1.29, 1.82) is 0 Å².